The fourth-order valence-corrected chi connectivity index (χ4v) is 8.22. The van der Waals surface area contributed by atoms with Crippen LogP contribution in [0.3, 0.4) is 0 Å². The van der Waals surface area contributed by atoms with Crippen molar-refractivity contribution >= 4 is 64.2 Å². The molecule has 20 heteroatoms. The highest BCUT2D eigenvalue weighted by Crippen LogP contribution is 2.21. The summed E-state index contributed by atoms with van der Waals surface area (Å²) in [5, 5.41) is 36.4. The van der Waals surface area contributed by atoms with Crippen LogP contribution in [0.4, 0.5) is 0 Å². The number of para-hydroxylation sites is 1. The number of aliphatic carboxylic acids is 2. The number of nitrogens with one attached hydrogen (secondary N) is 7. The number of hydrogen-bond acceptors (Lipinski definition) is 10. The van der Waals surface area contributed by atoms with Gasteiger partial charge in [-0.05, 0) is 56.2 Å². The Kier molecular flexibility index (Phi) is 21.7. The number of H-pyrrole nitrogens is 1. The van der Waals surface area contributed by atoms with Gasteiger partial charge in [0.25, 0.3) is 5.91 Å². The van der Waals surface area contributed by atoms with E-state index in [0.717, 1.165) is 26.9 Å². The third kappa shape index (κ3) is 17.3. The van der Waals surface area contributed by atoms with Crippen LogP contribution in [0.2, 0.25) is 0 Å². The summed E-state index contributed by atoms with van der Waals surface area (Å²) in [5.41, 5.74) is 2.72. The highest BCUT2D eigenvalue weighted by Gasteiger charge is 2.35. The summed E-state index contributed by atoms with van der Waals surface area (Å²) in [6.07, 6.45) is 5.42. The molecule has 0 aliphatic carbocycles. The number of carbonyl (C=O) groups is 9. The number of carbonyl (C=O) groups excluding carboxylic acids is 7. The van der Waals surface area contributed by atoms with Crippen molar-refractivity contribution in [3.63, 3.8) is 0 Å². The van der Waals surface area contributed by atoms with Gasteiger partial charge in [0.05, 0.1) is 24.5 Å². The number of likely N-dealkylation sites (N-methyl/N-ethyl adjacent to an activating group) is 1. The second kappa shape index (κ2) is 27.3. The number of carboxylic acids is 2. The maximum atomic E-state index is 14.7. The zero-order valence-corrected chi connectivity index (χ0v) is 42.7. The van der Waals surface area contributed by atoms with Gasteiger partial charge in [0.2, 0.25) is 35.4 Å². The molecule has 394 valence electrons. The molecule has 9 atom stereocenters. The van der Waals surface area contributed by atoms with Gasteiger partial charge < -0.3 is 56.7 Å². The Morgan fingerprint density at radius 3 is 2.08 bits per heavy atom. The third-order valence-electron chi connectivity index (χ3n) is 12.7. The average molecular weight is 1010 g/mol. The van der Waals surface area contributed by atoms with E-state index in [0.29, 0.717) is 12.0 Å². The van der Waals surface area contributed by atoms with E-state index in [1.54, 1.807) is 45.4 Å². The van der Waals surface area contributed by atoms with Crippen LogP contribution >= 0.6 is 0 Å². The minimum Gasteiger partial charge on any atom is -0.480 e. The molecular formula is C53H70N8O12. The molecule has 1 aromatic heterocycles. The van der Waals surface area contributed by atoms with E-state index in [4.69, 9.17) is 4.74 Å². The number of nitrogens with zero attached hydrogens (tertiary/aromatic N) is 1. The number of fused-ring (bicyclic) bond motifs is 1. The van der Waals surface area contributed by atoms with Crippen molar-refractivity contribution in [1.29, 1.82) is 0 Å². The standard InChI is InChI=1S/C53H70N8O12/c1-29(2)23-41-50(67)60-43(53(71)72)27-45(62)56-42(26-36-28-54-39-18-14-13-17-37(36)39)51(68)57-38(20-19-30(3)24-31(4)44(73-9)25-35-15-11-10-12-16-35)32(5)47(64)58-40(52(69)70)21-22-46(63)61(8)34(7)49(66)55-33(6)48(65)59-41/h10-20,24,28-29,31-33,38,40-44,54H,7,21-23,25-27H2,1-6,8-9H3,(H,55,66)(H,56,62)(H,57,68)(H,58,64)(H,59,65)(H,60,67)(H,69,70)(H,71,72)/b20-19+,30-24+/t31-,32-,33+,38-,40+,41-,42-,43+,44-/m0/s1. The van der Waals surface area contributed by atoms with Crippen molar-refractivity contribution in [1.82, 2.24) is 41.8 Å². The number of carboxylic acid groups (broad SMARTS) is 2. The van der Waals surface area contributed by atoms with E-state index in [1.807, 2.05) is 68.5 Å². The molecule has 20 nitrogen and oxygen atoms in total. The Morgan fingerprint density at radius 1 is 0.808 bits per heavy atom. The monoisotopic (exact) mass is 1010 g/mol. The van der Waals surface area contributed by atoms with Gasteiger partial charge in [-0.2, -0.15) is 0 Å². The first-order chi connectivity index (χ1) is 34.5. The van der Waals surface area contributed by atoms with E-state index in [2.05, 4.69) is 43.5 Å². The molecule has 0 saturated carbocycles. The average Bonchev–Trinajstić information content (AvgIpc) is 3.75. The third-order valence-corrected chi connectivity index (χ3v) is 12.7. The zero-order valence-electron chi connectivity index (χ0n) is 42.7. The van der Waals surface area contributed by atoms with E-state index in [9.17, 15) is 53.4 Å². The highest BCUT2D eigenvalue weighted by atomic mass is 16.5. The number of benzene rings is 2. The molecule has 1 fully saturated rings. The minimum absolute atomic E-state index is 0.0204. The minimum atomic E-state index is -1.84. The summed E-state index contributed by atoms with van der Waals surface area (Å²) in [6, 6.07) is 8.35. The van der Waals surface area contributed by atoms with Crippen LogP contribution in [0.1, 0.15) is 78.4 Å². The van der Waals surface area contributed by atoms with Crippen molar-refractivity contribution in [2.45, 2.75) is 122 Å². The number of aromatic nitrogens is 1. The van der Waals surface area contributed by atoms with Gasteiger partial charge in [0.1, 0.15) is 35.9 Å². The Hall–Kier alpha value is -7.61. The normalized spacial score (nSPS) is 24.1. The number of aromatic amines is 1. The second-order valence-electron chi connectivity index (χ2n) is 18.9. The van der Waals surface area contributed by atoms with Gasteiger partial charge in [-0.1, -0.05) is 107 Å². The molecular weight excluding hydrogens is 941 g/mol. The first-order valence-electron chi connectivity index (χ1n) is 24.2. The number of allylic oxidation sites excluding steroid dienone is 2. The van der Waals surface area contributed by atoms with Crippen LogP contribution in [-0.2, 0) is 60.7 Å². The SMILES string of the molecule is C=C1C(=O)N[C@H](C)C(=O)N[C@@H](CC(C)C)C(=O)N[C@@H](C(=O)O)CC(=O)N[C@@H](Cc2c[nH]c3ccccc23)C(=O)N[C@@H](/C=C/C(C)=C/[C@H](C)[C@H](Cc2ccccc2)OC)[C@H](C)C(=O)N[C@@H](C(=O)O)CCC(=O)N1C. The van der Waals surface area contributed by atoms with Gasteiger partial charge in [-0.15, -0.1) is 0 Å². The zero-order chi connectivity index (χ0) is 54.1. The predicted molar refractivity (Wildman–Crippen MR) is 272 cm³/mol. The summed E-state index contributed by atoms with van der Waals surface area (Å²) in [4.78, 5) is 126. The topological polar surface area (TPSA) is 295 Å². The highest BCUT2D eigenvalue weighted by molar-refractivity contribution is 6.00. The maximum Gasteiger partial charge on any atom is 0.326 e. The van der Waals surface area contributed by atoms with E-state index in [1.165, 1.54) is 20.9 Å². The van der Waals surface area contributed by atoms with Crippen molar-refractivity contribution in [2.24, 2.45) is 17.8 Å². The predicted octanol–water partition coefficient (Wildman–Crippen LogP) is 3.04. The molecule has 9 N–H and O–H groups in total. The molecule has 1 saturated heterocycles. The van der Waals surface area contributed by atoms with Gasteiger partial charge in [0, 0.05) is 50.0 Å². The van der Waals surface area contributed by atoms with Crippen LogP contribution in [0, 0.1) is 17.8 Å². The maximum absolute atomic E-state index is 14.7. The lowest BCUT2D eigenvalue weighted by molar-refractivity contribution is -0.144. The van der Waals surface area contributed by atoms with Crippen LogP contribution < -0.4 is 31.9 Å². The van der Waals surface area contributed by atoms with Gasteiger partial charge in [-0.25, -0.2) is 9.59 Å². The van der Waals surface area contributed by atoms with E-state index in [-0.39, 0.29) is 30.8 Å². The summed E-state index contributed by atoms with van der Waals surface area (Å²) in [6.45, 7) is 13.7. The second-order valence-corrected chi connectivity index (χ2v) is 18.9. The fraction of sp³-hybridized carbons (Fsp3) is 0.453. The van der Waals surface area contributed by atoms with Gasteiger partial charge >= 0.3 is 11.9 Å². The van der Waals surface area contributed by atoms with Crippen molar-refractivity contribution < 1.29 is 58.1 Å². The molecule has 2 aromatic carbocycles. The Labute approximate surface area is 425 Å². The lowest BCUT2D eigenvalue weighted by atomic mass is 9.94. The Balaban J connectivity index is 1.78. The summed E-state index contributed by atoms with van der Waals surface area (Å²) >= 11 is 0. The lowest BCUT2D eigenvalue weighted by Crippen LogP contribution is -2.57. The Morgan fingerprint density at radius 2 is 1.44 bits per heavy atom. The fourth-order valence-electron chi connectivity index (χ4n) is 8.22. The molecule has 3 aromatic rings. The molecule has 2 heterocycles. The molecule has 0 spiro atoms. The van der Waals surface area contributed by atoms with Crippen LogP contribution in [-0.4, -0.2) is 130 Å². The smallest absolute Gasteiger partial charge is 0.326 e. The number of hydrogen-bond donors (Lipinski definition) is 9. The molecule has 4 rings (SSSR count). The van der Waals surface area contributed by atoms with Crippen molar-refractivity contribution in [3.8, 4) is 0 Å². The first kappa shape index (κ1) is 58.0. The molecule has 0 bridgehead atoms. The quantitative estimate of drug-likeness (QED) is 0.0883. The molecule has 7 amide bonds. The summed E-state index contributed by atoms with van der Waals surface area (Å²) in [5.74, 6) is -10.6. The molecule has 0 radical (unpaired) electrons. The van der Waals surface area contributed by atoms with Crippen LogP contribution in [0.5, 0.6) is 0 Å². The van der Waals surface area contributed by atoms with Crippen LogP contribution in [0.15, 0.2) is 96.9 Å². The number of methoxy groups -OCH3 is 1. The summed E-state index contributed by atoms with van der Waals surface area (Å²) < 4.78 is 5.84. The van der Waals surface area contributed by atoms with Gasteiger partial charge in [-0.3, -0.25) is 33.6 Å². The molecule has 1 aliphatic heterocycles. The van der Waals surface area contributed by atoms with Crippen molar-refractivity contribution in [3.05, 3.63) is 108 Å². The molecule has 1 aliphatic rings. The lowest BCUT2D eigenvalue weighted by Gasteiger charge is -2.27. The van der Waals surface area contributed by atoms with Crippen molar-refractivity contribution in [2.75, 3.05) is 14.2 Å². The van der Waals surface area contributed by atoms with Gasteiger partial charge in [0.15, 0.2) is 0 Å². The Bertz CT molecular complexity index is 2560. The number of amides is 7. The number of rotatable bonds is 13. The number of ether oxygens (including phenoxy) is 1. The molecule has 0 unspecified atom stereocenters. The first-order valence-corrected chi connectivity index (χ1v) is 24.2. The largest absolute Gasteiger partial charge is 0.480 e. The molecule has 73 heavy (non-hydrogen) atoms. The summed E-state index contributed by atoms with van der Waals surface area (Å²) in [7, 11) is 2.85. The van der Waals surface area contributed by atoms with E-state index < -0.39 is 120 Å². The van der Waals surface area contributed by atoms with Crippen LogP contribution in [0.25, 0.3) is 10.9 Å². The van der Waals surface area contributed by atoms with E-state index >= 15 is 0 Å².